The number of imidazole rings is 1. The summed E-state index contributed by atoms with van der Waals surface area (Å²) in [5.74, 6) is -0.505. The van der Waals surface area contributed by atoms with Crippen LogP contribution in [0.1, 0.15) is 10.5 Å². The number of hydrogen-bond donors (Lipinski definition) is 1. The molecule has 2 heterocycles. The molecule has 6 heteroatoms. The molecule has 0 fully saturated rings. The van der Waals surface area contributed by atoms with Gasteiger partial charge in [0, 0.05) is 17.0 Å². The van der Waals surface area contributed by atoms with Gasteiger partial charge in [-0.2, -0.15) is 5.10 Å². The van der Waals surface area contributed by atoms with E-state index >= 15 is 0 Å². The Hall–Kier alpha value is -2.76. The van der Waals surface area contributed by atoms with Gasteiger partial charge in [-0.1, -0.05) is 24.3 Å². The van der Waals surface area contributed by atoms with Gasteiger partial charge in [0.2, 0.25) is 0 Å². The second-order valence-electron chi connectivity index (χ2n) is 3.73. The molecule has 88 valence electrons. The molecule has 2 aromatic heterocycles. The first-order valence-corrected chi connectivity index (χ1v) is 5.24. The molecule has 18 heavy (non-hydrogen) atoms. The Kier molecular flexibility index (Phi) is 2.26. The Morgan fingerprint density at radius 2 is 2.11 bits per heavy atom. The Bertz CT molecular complexity index is 730. The summed E-state index contributed by atoms with van der Waals surface area (Å²) in [5.41, 5.74) is -0.0234. The molecule has 0 aliphatic carbocycles. The summed E-state index contributed by atoms with van der Waals surface area (Å²) in [7, 11) is 0. The van der Waals surface area contributed by atoms with E-state index in [0.717, 1.165) is 10.8 Å². The Morgan fingerprint density at radius 1 is 1.28 bits per heavy atom. The van der Waals surface area contributed by atoms with E-state index in [-0.39, 0.29) is 5.69 Å². The molecule has 0 aliphatic rings. The highest BCUT2D eigenvalue weighted by Gasteiger charge is 2.10. The Morgan fingerprint density at radius 3 is 2.89 bits per heavy atom. The first-order valence-electron chi connectivity index (χ1n) is 5.24. The molecule has 0 aliphatic heterocycles. The highest BCUT2D eigenvalue weighted by molar-refractivity contribution is 5.88. The summed E-state index contributed by atoms with van der Waals surface area (Å²) in [5, 5.41) is 18.6. The third-order valence-electron chi connectivity index (χ3n) is 2.60. The van der Waals surface area contributed by atoms with Crippen molar-refractivity contribution in [3.05, 3.63) is 48.7 Å². The second kappa shape index (κ2) is 3.92. The number of hydrogen-bond acceptors (Lipinski definition) is 4. The molecule has 3 aromatic rings. The van der Waals surface area contributed by atoms with Crippen molar-refractivity contribution in [2.45, 2.75) is 0 Å². The lowest BCUT2D eigenvalue weighted by atomic mass is 10.2. The highest BCUT2D eigenvalue weighted by Crippen LogP contribution is 2.18. The standard InChI is InChI=1S/C12H8N4O2/c17-12(18)10-6-16(7-13-10)11-9-4-2-1-3-8(9)5-14-15-11/h1-7H,(H,17,18). The molecule has 0 saturated heterocycles. The van der Waals surface area contributed by atoms with Gasteiger partial charge < -0.3 is 5.11 Å². The van der Waals surface area contributed by atoms with Crippen LogP contribution < -0.4 is 0 Å². The molecule has 3 rings (SSSR count). The average Bonchev–Trinajstić information content (AvgIpc) is 2.87. The molecule has 0 amide bonds. The lowest BCUT2D eigenvalue weighted by Crippen LogP contribution is -1.99. The molecule has 1 N–H and O–H groups in total. The van der Waals surface area contributed by atoms with Crippen molar-refractivity contribution in [3.8, 4) is 5.82 Å². The smallest absolute Gasteiger partial charge is 0.356 e. The van der Waals surface area contributed by atoms with Crippen molar-refractivity contribution >= 4 is 16.7 Å². The SMILES string of the molecule is O=C(O)c1cn(-c2nncc3ccccc23)cn1. The summed E-state index contributed by atoms with van der Waals surface area (Å²) in [4.78, 5) is 14.6. The number of carboxylic acid groups (broad SMARTS) is 1. The van der Waals surface area contributed by atoms with E-state index in [1.807, 2.05) is 24.3 Å². The van der Waals surface area contributed by atoms with E-state index < -0.39 is 5.97 Å². The molecule has 0 saturated carbocycles. The number of benzene rings is 1. The van der Waals surface area contributed by atoms with Gasteiger partial charge in [0.15, 0.2) is 11.5 Å². The fraction of sp³-hybridized carbons (Fsp3) is 0. The normalized spacial score (nSPS) is 10.7. The van der Waals surface area contributed by atoms with Gasteiger partial charge in [0.1, 0.15) is 6.33 Å². The van der Waals surface area contributed by atoms with Crippen LogP contribution in [0.25, 0.3) is 16.6 Å². The quantitative estimate of drug-likeness (QED) is 0.734. The zero-order valence-electron chi connectivity index (χ0n) is 9.19. The van der Waals surface area contributed by atoms with E-state index in [0.29, 0.717) is 5.82 Å². The largest absolute Gasteiger partial charge is 0.476 e. The fourth-order valence-electron chi connectivity index (χ4n) is 1.75. The lowest BCUT2D eigenvalue weighted by Gasteiger charge is -2.03. The van der Waals surface area contributed by atoms with Crippen LogP contribution in [0.3, 0.4) is 0 Å². The molecule has 0 spiro atoms. The lowest BCUT2D eigenvalue weighted by molar-refractivity contribution is 0.0691. The molecule has 0 atom stereocenters. The van der Waals surface area contributed by atoms with Crippen LogP contribution in [0, 0.1) is 0 Å². The van der Waals surface area contributed by atoms with Crippen molar-refractivity contribution in [1.29, 1.82) is 0 Å². The predicted octanol–water partition coefficient (Wildman–Crippen LogP) is 1.51. The summed E-state index contributed by atoms with van der Waals surface area (Å²) in [6.07, 6.45) is 4.49. The number of aromatic carboxylic acids is 1. The zero-order chi connectivity index (χ0) is 12.5. The van der Waals surface area contributed by atoms with E-state index in [9.17, 15) is 4.79 Å². The number of nitrogens with zero attached hydrogens (tertiary/aromatic N) is 4. The maximum absolute atomic E-state index is 10.8. The Balaban J connectivity index is 2.21. The number of carbonyl (C=O) groups is 1. The van der Waals surface area contributed by atoms with Gasteiger partial charge in [0.05, 0.1) is 6.20 Å². The third-order valence-corrected chi connectivity index (χ3v) is 2.60. The van der Waals surface area contributed by atoms with Crippen molar-refractivity contribution < 1.29 is 9.90 Å². The second-order valence-corrected chi connectivity index (χ2v) is 3.73. The van der Waals surface area contributed by atoms with Crippen LogP contribution in [0.2, 0.25) is 0 Å². The summed E-state index contributed by atoms with van der Waals surface area (Å²) >= 11 is 0. The van der Waals surface area contributed by atoms with Gasteiger partial charge >= 0.3 is 5.97 Å². The van der Waals surface area contributed by atoms with Crippen molar-refractivity contribution in [1.82, 2.24) is 19.7 Å². The van der Waals surface area contributed by atoms with Crippen LogP contribution in [-0.2, 0) is 0 Å². The first-order chi connectivity index (χ1) is 8.75. The van der Waals surface area contributed by atoms with Crippen LogP contribution in [0.5, 0.6) is 0 Å². The van der Waals surface area contributed by atoms with Crippen LogP contribution in [0.15, 0.2) is 43.0 Å². The van der Waals surface area contributed by atoms with Gasteiger partial charge in [-0.3, -0.25) is 4.57 Å². The number of fused-ring (bicyclic) bond motifs is 1. The minimum absolute atomic E-state index is 0.0234. The number of aromatic nitrogens is 4. The molecular formula is C12H8N4O2. The maximum atomic E-state index is 10.8. The van der Waals surface area contributed by atoms with Crippen LogP contribution in [0.4, 0.5) is 0 Å². The average molecular weight is 240 g/mol. The summed E-state index contributed by atoms with van der Waals surface area (Å²) in [6, 6.07) is 7.62. The van der Waals surface area contributed by atoms with E-state index in [1.54, 1.807) is 10.8 Å². The number of rotatable bonds is 2. The minimum atomic E-state index is -1.07. The first kappa shape index (κ1) is 10.4. The topological polar surface area (TPSA) is 80.9 Å². The van der Waals surface area contributed by atoms with Crippen molar-refractivity contribution in [2.24, 2.45) is 0 Å². The van der Waals surface area contributed by atoms with Gasteiger partial charge in [-0.15, -0.1) is 5.10 Å². The van der Waals surface area contributed by atoms with Gasteiger partial charge in [-0.25, -0.2) is 9.78 Å². The highest BCUT2D eigenvalue weighted by atomic mass is 16.4. The monoisotopic (exact) mass is 240 g/mol. The summed E-state index contributed by atoms with van der Waals surface area (Å²) in [6.45, 7) is 0. The van der Waals surface area contributed by atoms with Gasteiger partial charge in [0.25, 0.3) is 0 Å². The third kappa shape index (κ3) is 1.60. The molecule has 1 aromatic carbocycles. The minimum Gasteiger partial charge on any atom is -0.476 e. The van der Waals surface area contributed by atoms with Gasteiger partial charge in [-0.05, 0) is 0 Å². The number of carboxylic acids is 1. The van der Waals surface area contributed by atoms with Crippen LogP contribution in [-0.4, -0.2) is 30.8 Å². The van der Waals surface area contributed by atoms with Crippen LogP contribution >= 0.6 is 0 Å². The fourth-order valence-corrected chi connectivity index (χ4v) is 1.75. The zero-order valence-corrected chi connectivity index (χ0v) is 9.19. The molecule has 0 unspecified atom stereocenters. The maximum Gasteiger partial charge on any atom is 0.356 e. The predicted molar refractivity (Wildman–Crippen MR) is 63.6 cm³/mol. The molecular weight excluding hydrogens is 232 g/mol. The van der Waals surface area contributed by atoms with E-state index in [4.69, 9.17) is 5.11 Å². The van der Waals surface area contributed by atoms with Crippen molar-refractivity contribution in [2.75, 3.05) is 0 Å². The molecule has 0 bridgehead atoms. The summed E-state index contributed by atoms with van der Waals surface area (Å²) < 4.78 is 1.55. The molecule has 0 radical (unpaired) electrons. The Labute approximate surface area is 102 Å². The van der Waals surface area contributed by atoms with E-state index in [2.05, 4.69) is 15.2 Å². The van der Waals surface area contributed by atoms with Crippen molar-refractivity contribution in [3.63, 3.8) is 0 Å². The molecule has 6 nitrogen and oxygen atoms in total. The van der Waals surface area contributed by atoms with E-state index in [1.165, 1.54) is 12.5 Å².